The van der Waals surface area contributed by atoms with Crippen LogP contribution in [0.2, 0.25) is 0 Å². The molecule has 0 saturated carbocycles. The van der Waals surface area contributed by atoms with Crippen molar-refractivity contribution in [2.24, 2.45) is 0 Å². The van der Waals surface area contributed by atoms with Crippen molar-refractivity contribution < 1.29 is 9.21 Å². The summed E-state index contributed by atoms with van der Waals surface area (Å²) >= 11 is 0. The summed E-state index contributed by atoms with van der Waals surface area (Å²) in [5.74, 6) is 0. The third kappa shape index (κ3) is 1.36. The number of pyridine rings is 1. The number of nitrogens with zero attached hydrogens (tertiary/aromatic N) is 1. The second-order valence-electron chi connectivity index (χ2n) is 2.59. The van der Waals surface area contributed by atoms with Gasteiger partial charge in [-0.1, -0.05) is 0 Å². The molecule has 0 fully saturated rings. The van der Waals surface area contributed by atoms with Crippen LogP contribution in [0.15, 0.2) is 41.5 Å². The van der Waals surface area contributed by atoms with Crippen molar-refractivity contribution >= 4 is 6.29 Å². The molecule has 2 aromatic heterocycles. The van der Waals surface area contributed by atoms with Crippen LogP contribution in [0.5, 0.6) is 0 Å². The van der Waals surface area contributed by atoms with Crippen LogP contribution in [0.1, 0.15) is 10.4 Å². The molecule has 0 saturated heterocycles. The van der Waals surface area contributed by atoms with Gasteiger partial charge in [-0.2, -0.15) is 0 Å². The highest BCUT2D eigenvalue weighted by Crippen LogP contribution is 2.22. The summed E-state index contributed by atoms with van der Waals surface area (Å²) in [5.41, 5.74) is 2.30. The second-order valence-corrected chi connectivity index (χ2v) is 2.59. The molecule has 0 aliphatic carbocycles. The van der Waals surface area contributed by atoms with Gasteiger partial charge in [-0.25, -0.2) is 0 Å². The standard InChI is InChI=1S/C10H7NO2/c12-5-9-6-13-7-10(9)8-1-3-11-4-2-8/h1-7H. The van der Waals surface area contributed by atoms with Crippen molar-refractivity contribution in [3.05, 3.63) is 42.6 Å². The molecule has 3 heteroatoms. The van der Waals surface area contributed by atoms with E-state index in [0.717, 1.165) is 17.4 Å². The van der Waals surface area contributed by atoms with Crippen molar-refractivity contribution in [1.82, 2.24) is 4.98 Å². The summed E-state index contributed by atoms with van der Waals surface area (Å²) in [7, 11) is 0. The Balaban J connectivity index is 2.52. The summed E-state index contributed by atoms with van der Waals surface area (Å²) in [6, 6.07) is 3.66. The molecule has 0 bridgehead atoms. The van der Waals surface area contributed by atoms with E-state index in [4.69, 9.17) is 4.42 Å². The highest BCUT2D eigenvalue weighted by atomic mass is 16.3. The van der Waals surface area contributed by atoms with Crippen LogP contribution in [-0.2, 0) is 0 Å². The van der Waals surface area contributed by atoms with Gasteiger partial charge in [-0.3, -0.25) is 9.78 Å². The molecular weight excluding hydrogens is 166 g/mol. The minimum atomic E-state index is 0.561. The first-order valence-corrected chi connectivity index (χ1v) is 3.83. The van der Waals surface area contributed by atoms with E-state index in [1.54, 1.807) is 18.7 Å². The van der Waals surface area contributed by atoms with Crippen LogP contribution in [0.25, 0.3) is 11.1 Å². The molecule has 64 valence electrons. The molecule has 0 N–H and O–H groups in total. The molecule has 0 amide bonds. The van der Waals surface area contributed by atoms with Crippen LogP contribution >= 0.6 is 0 Å². The van der Waals surface area contributed by atoms with Gasteiger partial charge in [0.1, 0.15) is 6.26 Å². The van der Waals surface area contributed by atoms with Gasteiger partial charge in [0.15, 0.2) is 6.29 Å². The second kappa shape index (κ2) is 3.23. The number of rotatable bonds is 2. The lowest BCUT2D eigenvalue weighted by atomic mass is 10.1. The number of furan rings is 1. The van der Waals surface area contributed by atoms with E-state index < -0.39 is 0 Å². The van der Waals surface area contributed by atoms with Gasteiger partial charge in [0.05, 0.1) is 11.8 Å². The van der Waals surface area contributed by atoms with E-state index in [0.29, 0.717) is 5.56 Å². The lowest BCUT2D eigenvalue weighted by molar-refractivity contribution is 0.112. The monoisotopic (exact) mass is 173 g/mol. The lowest BCUT2D eigenvalue weighted by Gasteiger charge is -1.95. The van der Waals surface area contributed by atoms with Crippen LogP contribution in [-0.4, -0.2) is 11.3 Å². The summed E-state index contributed by atoms with van der Waals surface area (Å²) < 4.78 is 4.94. The SMILES string of the molecule is O=Cc1cocc1-c1ccncc1. The Labute approximate surface area is 75.0 Å². The van der Waals surface area contributed by atoms with E-state index >= 15 is 0 Å². The minimum absolute atomic E-state index is 0.561. The number of hydrogen-bond acceptors (Lipinski definition) is 3. The highest BCUT2D eigenvalue weighted by Gasteiger charge is 2.05. The highest BCUT2D eigenvalue weighted by molar-refractivity contribution is 5.86. The first-order chi connectivity index (χ1) is 6.42. The normalized spacial score (nSPS) is 9.85. The molecule has 0 spiro atoms. The smallest absolute Gasteiger partial charge is 0.153 e. The van der Waals surface area contributed by atoms with Gasteiger partial charge in [0.2, 0.25) is 0 Å². The number of aldehydes is 1. The van der Waals surface area contributed by atoms with Gasteiger partial charge < -0.3 is 4.42 Å². The molecule has 0 aliphatic heterocycles. The van der Waals surface area contributed by atoms with Gasteiger partial charge in [0, 0.05) is 18.0 Å². The number of carbonyl (C=O) groups excluding carboxylic acids is 1. The predicted molar refractivity (Wildman–Crippen MR) is 47.3 cm³/mol. The lowest BCUT2D eigenvalue weighted by Crippen LogP contribution is -1.81. The maximum absolute atomic E-state index is 10.6. The summed E-state index contributed by atoms with van der Waals surface area (Å²) in [5, 5.41) is 0. The molecule has 2 heterocycles. The Hall–Kier alpha value is -1.90. The topological polar surface area (TPSA) is 43.1 Å². The van der Waals surface area contributed by atoms with Crippen LogP contribution in [0.3, 0.4) is 0 Å². The number of aromatic nitrogens is 1. The Bertz CT molecular complexity index is 406. The largest absolute Gasteiger partial charge is 0.471 e. The third-order valence-corrected chi connectivity index (χ3v) is 1.81. The van der Waals surface area contributed by atoms with Crippen LogP contribution in [0.4, 0.5) is 0 Å². The fourth-order valence-corrected chi connectivity index (χ4v) is 1.16. The summed E-state index contributed by atoms with van der Waals surface area (Å²) in [4.78, 5) is 14.5. The van der Waals surface area contributed by atoms with Crippen LogP contribution in [0, 0.1) is 0 Å². The number of hydrogen-bond donors (Lipinski definition) is 0. The molecule has 0 unspecified atom stereocenters. The number of carbonyl (C=O) groups is 1. The fourth-order valence-electron chi connectivity index (χ4n) is 1.16. The Morgan fingerprint density at radius 1 is 1.23 bits per heavy atom. The maximum atomic E-state index is 10.6. The average molecular weight is 173 g/mol. The van der Waals surface area contributed by atoms with Crippen molar-refractivity contribution in [1.29, 1.82) is 0 Å². The summed E-state index contributed by atoms with van der Waals surface area (Å²) in [6.07, 6.45) is 7.12. The van der Waals surface area contributed by atoms with E-state index in [1.165, 1.54) is 6.26 Å². The molecule has 2 rings (SSSR count). The van der Waals surface area contributed by atoms with E-state index in [-0.39, 0.29) is 0 Å². The first kappa shape index (κ1) is 7.73. The first-order valence-electron chi connectivity index (χ1n) is 3.83. The zero-order chi connectivity index (χ0) is 9.10. The molecule has 2 aromatic rings. The molecule has 0 aliphatic rings. The van der Waals surface area contributed by atoms with Gasteiger partial charge in [0.25, 0.3) is 0 Å². The van der Waals surface area contributed by atoms with E-state index in [9.17, 15) is 4.79 Å². The van der Waals surface area contributed by atoms with E-state index in [1.807, 2.05) is 12.1 Å². The molecule has 3 nitrogen and oxygen atoms in total. The zero-order valence-electron chi connectivity index (χ0n) is 6.81. The van der Waals surface area contributed by atoms with Crippen molar-refractivity contribution in [3.63, 3.8) is 0 Å². The van der Waals surface area contributed by atoms with Crippen molar-refractivity contribution in [2.75, 3.05) is 0 Å². The molecule has 0 atom stereocenters. The zero-order valence-corrected chi connectivity index (χ0v) is 6.81. The van der Waals surface area contributed by atoms with Crippen LogP contribution < -0.4 is 0 Å². The molecule has 13 heavy (non-hydrogen) atoms. The van der Waals surface area contributed by atoms with Crippen molar-refractivity contribution in [2.45, 2.75) is 0 Å². The maximum Gasteiger partial charge on any atom is 0.153 e. The van der Waals surface area contributed by atoms with Gasteiger partial charge in [-0.15, -0.1) is 0 Å². The fraction of sp³-hybridized carbons (Fsp3) is 0. The molecule has 0 radical (unpaired) electrons. The van der Waals surface area contributed by atoms with E-state index in [2.05, 4.69) is 4.98 Å². The Kier molecular flexibility index (Phi) is 1.92. The average Bonchev–Trinajstić information content (AvgIpc) is 2.67. The predicted octanol–water partition coefficient (Wildman–Crippen LogP) is 2.15. The Morgan fingerprint density at radius 3 is 2.69 bits per heavy atom. The quantitative estimate of drug-likeness (QED) is 0.653. The Morgan fingerprint density at radius 2 is 2.00 bits per heavy atom. The van der Waals surface area contributed by atoms with Crippen molar-refractivity contribution in [3.8, 4) is 11.1 Å². The van der Waals surface area contributed by atoms with Gasteiger partial charge in [-0.05, 0) is 17.7 Å². The minimum Gasteiger partial charge on any atom is -0.471 e. The molecular formula is C10H7NO2. The third-order valence-electron chi connectivity index (χ3n) is 1.81. The molecule has 0 aromatic carbocycles. The summed E-state index contributed by atoms with van der Waals surface area (Å²) in [6.45, 7) is 0. The van der Waals surface area contributed by atoms with Gasteiger partial charge >= 0.3 is 0 Å².